The van der Waals surface area contributed by atoms with Crippen molar-refractivity contribution in [2.75, 3.05) is 33.1 Å². The molecule has 4 aliphatic carbocycles. The molecule has 6 N–H and O–H groups in total. The fourth-order valence-electron chi connectivity index (χ4n) is 6.92. The number of nitrogens with two attached hydrogens (primary N) is 1. The highest BCUT2D eigenvalue weighted by Gasteiger charge is 2.64. The zero-order chi connectivity index (χ0) is 28.5. The number of hydrogen-bond donors (Lipinski definition) is 5. The number of ketones is 2. The maximum Gasteiger partial charge on any atom is 0.255 e. The number of aryl methyl sites for hydroxylation is 1. The van der Waals surface area contributed by atoms with Crippen LogP contribution < -0.4 is 10.6 Å². The lowest BCUT2D eigenvalue weighted by molar-refractivity contribution is -0.153. The number of primary amides is 1. The lowest BCUT2D eigenvalue weighted by Crippen LogP contribution is -2.65. The molecule has 2 fully saturated rings. The van der Waals surface area contributed by atoms with E-state index in [2.05, 4.69) is 0 Å². The van der Waals surface area contributed by atoms with Gasteiger partial charge in [-0.15, -0.1) is 0 Å². The summed E-state index contributed by atoms with van der Waals surface area (Å²) in [5.41, 5.74) is 4.12. The van der Waals surface area contributed by atoms with Gasteiger partial charge >= 0.3 is 0 Å². The molecule has 210 valence electrons. The van der Waals surface area contributed by atoms with Crippen molar-refractivity contribution in [3.63, 3.8) is 0 Å². The largest absolute Gasteiger partial charge is 0.508 e. The van der Waals surface area contributed by atoms with Crippen LogP contribution in [0.3, 0.4) is 0 Å². The molecule has 4 aliphatic rings. The second kappa shape index (κ2) is 9.38. The monoisotopic (exact) mass is 539 g/mol. The van der Waals surface area contributed by atoms with Crippen LogP contribution in [0.2, 0.25) is 0 Å². The molecule has 39 heavy (non-hydrogen) atoms. The number of likely N-dealkylation sites (N-methyl/N-ethyl adjacent to an activating group) is 1. The van der Waals surface area contributed by atoms with Gasteiger partial charge in [0.2, 0.25) is 5.78 Å². The van der Waals surface area contributed by atoms with Crippen molar-refractivity contribution in [2.45, 2.75) is 56.6 Å². The molecule has 0 bridgehead atoms. The molecule has 0 heterocycles. The van der Waals surface area contributed by atoms with Crippen LogP contribution in [0.25, 0.3) is 5.76 Å². The van der Waals surface area contributed by atoms with Crippen LogP contribution in [-0.2, 0) is 27.2 Å². The molecule has 10 heteroatoms. The third-order valence-corrected chi connectivity index (χ3v) is 9.01. The first-order valence-electron chi connectivity index (χ1n) is 13.5. The van der Waals surface area contributed by atoms with E-state index in [-0.39, 0.29) is 29.7 Å². The summed E-state index contributed by atoms with van der Waals surface area (Å²) in [5, 5.41) is 45.6. The molecule has 1 aromatic rings. The Morgan fingerprint density at radius 1 is 1.13 bits per heavy atom. The van der Waals surface area contributed by atoms with Gasteiger partial charge in [-0.25, -0.2) is 0 Å². The number of rotatable bonds is 7. The Hall–Kier alpha value is -3.37. The molecule has 2 saturated carbocycles. The number of nitrogens with zero attached hydrogens (tertiary/aromatic N) is 2. The van der Waals surface area contributed by atoms with E-state index >= 15 is 0 Å². The number of carbonyl (C=O) groups is 3. The lowest BCUT2D eigenvalue weighted by atomic mass is 9.57. The fraction of sp³-hybridized carbons (Fsp3) is 0.552. The first-order valence-corrected chi connectivity index (χ1v) is 13.5. The second-order valence-electron chi connectivity index (χ2n) is 11.9. The van der Waals surface area contributed by atoms with E-state index in [0.29, 0.717) is 17.5 Å². The van der Waals surface area contributed by atoms with Gasteiger partial charge in [0.1, 0.15) is 22.8 Å². The van der Waals surface area contributed by atoms with Crippen LogP contribution in [0.1, 0.15) is 48.8 Å². The number of amides is 1. The molecule has 0 aliphatic heterocycles. The molecule has 4 unspecified atom stereocenters. The van der Waals surface area contributed by atoms with Gasteiger partial charge in [-0.05, 0) is 68.8 Å². The molecule has 4 atom stereocenters. The summed E-state index contributed by atoms with van der Waals surface area (Å²) < 4.78 is 0. The zero-order valence-electron chi connectivity index (χ0n) is 22.8. The number of aromatic hydroxyl groups is 1. The smallest absolute Gasteiger partial charge is 0.255 e. The van der Waals surface area contributed by atoms with Crippen molar-refractivity contribution in [3.05, 3.63) is 39.7 Å². The lowest BCUT2D eigenvalue weighted by Gasteiger charge is -2.50. The topological polar surface area (TPSA) is 165 Å². The van der Waals surface area contributed by atoms with Gasteiger partial charge in [0.15, 0.2) is 11.4 Å². The van der Waals surface area contributed by atoms with Gasteiger partial charge in [0.25, 0.3) is 5.91 Å². The summed E-state index contributed by atoms with van der Waals surface area (Å²) in [6, 6.07) is 0.832. The van der Waals surface area contributed by atoms with Crippen LogP contribution in [0.4, 0.5) is 5.69 Å². The standard InChI is InChI=1S/C29H37N3O7/c1-31(2)18-12-14(7-5-6-13-8-9-13)23(33)20-16(18)10-15-11-17-22(32(3)4)25(35)21(28(30)38)27(37)29(17,39)26(36)19(15)24(20)34/h12-13,15,17,22,33-34,37,39H,5-11H2,1-4H3,(H2,30,38). The van der Waals surface area contributed by atoms with Crippen molar-refractivity contribution in [2.24, 2.45) is 23.5 Å². The highest BCUT2D eigenvalue weighted by atomic mass is 16.3. The molecular formula is C29H37N3O7. The van der Waals surface area contributed by atoms with Crippen molar-refractivity contribution < 1.29 is 34.8 Å². The summed E-state index contributed by atoms with van der Waals surface area (Å²) in [7, 11) is 6.91. The first kappa shape index (κ1) is 27.2. The van der Waals surface area contributed by atoms with Gasteiger partial charge in [-0.2, -0.15) is 0 Å². The van der Waals surface area contributed by atoms with E-state index < -0.39 is 58.0 Å². The van der Waals surface area contributed by atoms with Crippen LogP contribution in [0.5, 0.6) is 5.75 Å². The highest BCUT2D eigenvalue weighted by molar-refractivity contribution is 6.24. The number of benzene rings is 1. The average Bonchev–Trinajstić information content (AvgIpc) is 3.66. The van der Waals surface area contributed by atoms with Crippen molar-refractivity contribution in [1.82, 2.24) is 4.90 Å². The SMILES string of the molecule is CN(C)c1cc(CCCC2CC2)c(O)c2c1CC1CC3C(N(C)C)C(=O)C(C(N)=O)=C(O)C3(O)C(=O)C1=C2O. The van der Waals surface area contributed by atoms with Crippen molar-refractivity contribution in [1.29, 1.82) is 0 Å². The third kappa shape index (κ3) is 4.03. The Morgan fingerprint density at radius 3 is 2.36 bits per heavy atom. The predicted molar refractivity (Wildman–Crippen MR) is 144 cm³/mol. The molecule has 10 nitrogen and oxygen atoms in total. The maximum absolute atomic E-state index is 14.0. The number of hydrogen-bond acceptors (Lipinski definition) is 9. The Kier molecular flexibility index (Phi) is 6.54. The Balaban J connectivity index is 1.67. The molecule has 1 amide bonds. The highest BCUT2D eigenvalue weighted by Crippen LogP contribution is 2.54. The summed E-state index contributed by atoms with van der Waals surface area (Å²) in [6.07, 6.45) is 5.38. The minimum absolute atomic E-state index is 0.0720. The minimum Gasteiger partial charge on any atom is -0.508 e. The number of phenolic OH excluding ortho intramolecular Hbond substituents is 1. The van der Waals surface area contributed by atoms with Crippen LogP contribution in [-0.4, -0.2) is 82.6 Å². The van der Waals surface area contributed by atoms with E-state index in [1.165, 1.54) is 17.7 Å². The Morgan fingerprint density at radius 2 is 1.79 bits per heavy atom. The molecular weight excluding hydrogens is 502 g/mol. The van der Waals surface area contributed by atoms with E-state index in [1.54, 1.807) is 14.1 Å². The average molecular weight is 540 g/mol. The second-order valence-corrected chi connectivity index (χ2v) is 11.9. The number of Topliss-reactive ketones (excluding diaryl/α,β-unsaturated/α-hetero) is 2. The summed E-state index contributed by atoms with van der Waals surface area (Å²) >= 11 is 0. The Bertz CT molecular complexity index is 1340. The molecule has 0 radical (unpaired) electrons. The van der Waals surface area contributed by atoms with Gasteiger partial charge in [-0.1, -0.05) is 19.3 Å². The molecule has 0 aromatic heterocycles. The number of phenols is 1. The van der Waals surface area contributed by atoms with Crippen molar-refractivity contribution >= 4 is 28.9 Å². The number of anilines is 1. The van der Waals surface area contributed by atoms with E-state index in [1.807, 2.05) is 25.1 Å². The van der Waals surface area contributed by atoms with Gasteiger partial charge in [-0.3, -0.25) is 19.3 Å². The normalized spacial score (nSPS) is 28.4. The molecule has 0 saturated heterocycles. The van der Waals surface area contributed by atoms with Crippen molar-refractivity contribution in [3.8, 4) is 5.75 Å². The molecule has 5 rings (SSSR count). The predicted octanol–water partition coefficient (Wildman–Crippen LogP) is 1.76. The summed E-state index contributed by atoms with van der Waals surface area (Å²) in [4.78, 5) is 42.8. The molecule has 0 spiro atoms. The third-order valence-electron chi connectivity index (χ3n) is 9.01. The number of aliphatic hydroxyl groups is 3. The minimum atomic E-state index is -2.63. The summed E-state index contributed by atoms with van der Waals surface area (Å²) in [5.74, 6) is -5.57. The molecule has 1 aromatic carbocycles. The Labute approximate surface area is 227 Å². The van der Waals surface area contributed by atoms with E-state index in [0.717, 1.165) is 24.4 Å². The fourth-order valence-corrected chi connectivity index (χ4v) is 6.92. The van der Waals surface area contributed by atoms with Crippen LogP contribution in [0.15, 0.2) is 23.0 Å². The first-order chi connectivity index (χ1) is 18.3. The van der Waals surface area contributed by atoms with Gasteiger partial charge in [0.05, 0.1) is 11.6 Å². The number of carbonyl (C=O) groups excluding carboxylic acids is 3. The maximum atomic E-state index is 14.0. The van der Waals surface area contributed by atoms with Gasteiger partial charge in [0, 0.05) is 31.3 Å². The van der Waals surface area contributed by atoms with Crippen LogP contribution >= 0.6 is 0 Å². The zero-order valence-corrected chi connectivity index (χ0v) is 22.8. The van der Waals surface area contributed by atoms with E-state index in [9.17, 15) is 34.8 Å². The van der Waals surface area contributed by atoms with Crippen LogP contribution in [0, 0.1) is 17.8 Å². The van der Waals surface area contributed by atoms with E-state index in [4.69, 9.17) is 5.73 Å². The quantitative estimate of drug-likeness (QED) is 0.325. The number of fused-ring (bicyclic) bond motifs is 3. The summed E-state index contributed by atoms with van der Waals surface area (Å²) in [6.45, 7) is 0. The van der Waals surface area contributed by atoms with Gasteiger partial charge < -0.3 is 31.1 Å². The number of aliphatic hydroxyl groups excluding tert-OH is 2.